The summed E-state index contributed by atoms with van der Waals surface area (Å²) in [5.41, 5.74) is 0. The third kappa shape index (κ3) is 16.8. The van der Waals surface area contributed by atoms with Crippen LogP contribution in [0.1, 0.15) is 89.9 Å². The highest BCUT2D eigenvalue weighted by Crippen LogP contribution is 2.45. The molecule has 0 amide bonds. The van der Waals surface area contributed by atoms with Crippen molar-refractivity contribution in [1.29, 1.82) is 0 Å². The third-order valence-corrected chi connectivity index (χ3v) is 17.4. The minimum absolute atomic E-state index is 0.000966. The molecular formula is C54H82O29. The van der Waals surface area contributed by atoms with Crippen LogP contribution in [0.2, 0.25) is 0 Å². The minimum Gasteiger partial charge on any atom is -0.481 e. The van der Waals surface area contributed by atoms with E-state index < -0.39 is 215 Å². The van der Waals surface area contributed by atoms with E-state index >= 15 is 0 Å². The number of carboxylic acid groups (broad SMARTS) is 1. The molecule has 472 valence electrons. The zero-order chi connectivity index (χ0) is 60.0. The van der Waals surface area contributed by atoms with Gasteiger partial charge in [-0.2, -0.15) is 0 Å². The van der Waals surface area contributed by atoms with Crippen molar-refractivity contribution in [2.24, 2.45) is 23.7 Å². The predicted octanol–water partition coefficient (Wildman–Crippen LogP) is -5.06. The van der Waals surface area contributed by atoms with Crippen molar-refractivity contribution >= 4 is 23.9 Å². The van der Waals surface area contributed by atoms with Crippen LogP contribution in [-0.4, -0.2) is 273 Å². The van der Waals surface area contributed by atoms with Gasteiger partial charge in [-0.15, -0.1) is 0 Å². The first kappa shape index (κ1) is 65.5. The number of hydrogen-bond acceptors (Lipinski definition) is 28. The van der Waals surface area contributed by atoms with E-state index in [0.29, 0.717) is 51.4 Å². The highest BCUT2D eigenvalue weighted by molar-refractivity contribution is 5.90. The van der Waals surface area contributed by atoms with Crippen LogP contribution < -0.4 is 0 Å². The molecular weight excluding hydrogens is 1110 g/mol. The zero-order valence-corrected chi connectivity index (χ0v) is 45.5. The molecule has 0 bridgehead atoms. The predicted molar refractivity (Wildman–Crippen MR) is 271 cm³/mol. The van der Waals surface area contributed by atoms with Gasteiger partial charge in [-0.25, -0.2) is 9.59 Å². The van der Waals surface area contributed by atoms with Crippen molar-refractivity contribution in [3.8, 4) is 0 Å². The third-order valence-electron chi connectivity index (χ3n) is 17.4. The van der Waals surface area contributed by atoms with Gasteiger partial charge < -0.3 is 124 Å². The SMILES string of the molecule is O=C(O)CC(=O)OC[C@H]1O[C@@H](OC2CC3C(O)CC(O)CC3OC2C2CC(O[C@@H]3O[C@H](COC(=O)C=CC4CCC(O)CC4)[C@@H](O)[C@H](O)[C@H]3O)C(O)C(O[C@@H]3O[C@H](COC(=O)C=CC4CCC(O)CC4)[C@@H](O)[C@H](O)[C@H]3O)C2)[C@H](O)[C@@H](O)[C@@H]1O. The van der Waals surface area contributed by atoms with Crippen molar-refractivity contribution in [2.45, 2.75) is 243 Å². The van der Waals surface area contributed by atoms with E-state index in [1.54, 1.807) is 12.2 Å². The van der Waals surface area contributed by atoms with E-state index in [1.807, 2.05) is 0 Å². The van der Waals surface area contributed by atoms with Gasteiger partial charge in [0.05, 0.1) is 54.9 Å². The molecule has 4 aliphatic heterocycles. The maximum Gasteiger partial charge on any atom is 0.330 e. The van der Waals surface area contributed by atoms with Crippen LogP contribution in [0.15, 0.2) is 24.3 Å². The molecule has 8 rings (SSSR count). The summed E-state index contributed by atoms with van der Waals surface area (Å²) in [5.74, 6) is -6.15. The largest absolute Gasteiger partial charge is 0.481 e. The number of aliphatic hydroxyl groups is 14. The second-order valence-electron chi connectivity index (χ2n) is 23.4. The van der Waals surface area contributed by atoms with Gasteiger partial charge in [0.2, 0.25) is 0 Å². The van der Waals surface area contributed by atoms with Gasteiger partial charge in [-0.1, -0.05) is 12.2 Å². The van der Waals surface area contributed by atoms with Crippen LogP contribution in [0, 0.1) is 23.7 Å². The molecule has 0 radical (unpaired) electrons. The number of carboxylic acids is 1. The molecule has 0 aromatic carbocycles. The summed E-state index contributed by atoms with van der Waals surface area (Å²) in [5, 5.41) is 163. The number of allylic oxidation sites excluding steroid dienone is 2. The zero-order valence-electron chi connectivity index (χ0n) is 45.5. The lowest BCUT2D eigenvalue weighted by Crippen LogP contribution is -2.64. The first-order chi connectivity index (χ1) is 39.4. The molecule has 0 aromatic heterocycles. The number of aliphatic carboxylic acids is 1. The number of rotatable bonds is 19. The van der Waals surface area contributed by atoms with Crippen molar-refractivity contribution in [3.63, 3.8) is 0 Å². The Kier molecular flexibility index (Phi) is 23.3. The fourth-order valence-electron chi connectivity index (χ4n) is 12.5. The Hall–Kier alpha value is -3.48. The fourth-order valence-corrected chi connectivity index (χ4v) is 12.5. The molecule has 0 aromatic rings. The summed E-state index contributed by atoms with van der Waals surface area (Å²) >= 11 is 0. The van der Waals surface area contributed by atoms with Crippen LogP contribution in [0.3, 0.4) is 0 Å². The second kappa shape index (κ2) is 29.5. The molecule has 23 atom stereocenters. The van der Waals surface area contributed by atoms with E-state index in [9.17, 15) is 90.7 Å². The van der Waals surface area contributed by atoms with Crippen LogP contribution in [-0.2, 0) is 66.5 Å². The number of hydrogen-bond donors (Lipinski definition) is 15. The summed E-state index contributed by atoms with van der Waals surface area (Å²) in [4.78, 5) is 48.9. The number of esters is 3. The lowest BCUT2D eigenvalue weighted by molar-refractivity contribution is -0.349. The van der Waals surface area contributed by atoms with E-state index in [4.69, 9.17) is 52.5 Å². The van der Waals surface area contributed by atoms with E-state index in [0.717, 1.165) is 0 Å². The van der Waals surface area contributed by atoms with E-state index in [-0.39, 0.29) is 43.9 Å². The quantitative estimate of drug-likeness (QED) is 0.0249. The Labute approximate surface area is 476 Å². The summed E-state index contributed by atoms with van der Waals surface area (Å²) < 4.78 is 58.9. The monoisotopic (exact) mass is 1190 g/mol. The molecule has 4 saturated heterocycles. The smallest absolute Gasteiger partial charge is 0.330 e. The number of aliphatic hydroxyl groups excluding tert-OH is 14. The summed E-state index contributed by atoms with van der Waals surface area (Å²) in [6, 6.07) is 0. The van der Waals surface area contributed by atoms with Crippen LogP contribution in [0.5, 0.6) is 0 Å². The van der Waals surface area contributed by atoms with Gasteiger partial charge in [-0.05, 0) is 101 Å². The number of fused-ring (bicyclic) bond motifs is 1. The Bertz CT molecular complexity index is 2080. The van der Waals surface area contributed by atoms with E-state index in [2.05, 4.69) is 0 Å². The Morgan fingerprint density at radius 2 is 0.831 bits per heavy atom. The standard InChI is InChI=1S/C54H82O29/c55-25-7-1-22(2-8-25)5-11-38(61)74-19-34-42(65)45(68)48(71)52(81-34)78-31-13-24(14-32(41(31)64)79-53-49(72)46(69)43(66)35(82-53)20-75-39(62)12-6-23-3-9-26(56)10-4-23)51-33(17-28-29(58)15-27(57)16-30(28)77-51)80-54-50(73)47(70)44(67)36(83-54)21-76-40(63)18-37(59)60/h5-6,11-12,22-36,41-58,64-73H,1-4,7-10,13-21H2,(H,59,60)/t22?,23?,24?,25?,26?,27?,28?,29?,30?,31?,32?,33?,34-,35-,36-,41?,42-,43-,44-,45+,46+,47+,48-,49-,50-,51?,52-,53-,54-/m1/s1. The highest BCUT2D eigenvalue weighted by Gasteiger charge is 2.56. The molecule has 83 heavy (non-hydrogen) atoms. The number of carbonyl (C=O) groups is 4. The molecule has 29 heteroatoms. The summed E-state index contributed by atoms with van der Waals surface area (Å²) in [7, 11) is 0. The van der Waals surface area contributed by atoms with Gasteiger partial charge in [-0.3, -0.25) is 9.59 Å². The molecule has 4 saturated carbocycles. The number of ether oxygens (including phenoxy) is 10. The molecule has 0 spiro atoms. The summed E-state index contributed by atoms with van der Waals surface area (Å²) in [6.45, 7) is -2.13. The molecule has 29 nitrogen and oxygen atoms in total. The van der Waals surface area contributed by atoms with Crippen LogP contribution in [0.25, 0.3) is 0 Å². The van der Waals surface area contributed by atoms with Crippen LogP contribution >= 0.6 is 0 Å². The van der Waals surface area contributed by atoms with Gasteiger partial charge in [0, 0.05) is 18.1 Å². The van der Waals surface area contributed by atoms with Gasteiger partial charge in [0.1, 0.15) is 106 Å². The molecule has 8 aliphatic rings. The normalized spacial score (nSPS) is 46.2. The lowest BCUT2D eigenvalue weighted by atomic mass is 9.72. The number of carbonyl (C=O) groups excluding carboxylic acids is 3. The Morgan fingerprint density at radius 3 is 1.25 bits per heavy atom. The molecule has 4 aliphatic carbocycles. The Balaban J connectivity index is 1.04. The average molecular weight is 1200 g/mol. The lowest BCUT2D eigenvalue weighted by Gasteiger charge is -2.52. The average Bonchev–Trinajstić information content (AvgIpc) is 3.61. The van der Waals surface area contributed by atoms with Crippen molar-refractivity contribution in [3.05, 3.63) is 24.3 Å². The van der Waals surface area contributed by atoms with Crippen molar-refractivity contribution < 1.29 is 143 Å². The fraction of sp³-hybridized carbons (Fsp3) is 0.852. The first-order valence-corrected chi connectivity index (χ1v) is 28.6. The summed E-state index contributed by atoms with van der Waals surface area (Å²) in [6.07, 6.45) is -30.8. The van der Waals surface area contributed by atoms with Gasteiger partial charge in [0.15, 0.2) is 18.9 Å². The van der Waals surface area contributed by atoms with Gasteiger partial charge >= 0.3 is 23.9 Å². The second-order valence-corrected chi connectivity index (χ2v) is 23.4. The van der Waals surface area contributed by atoms with Crippen molar-refractivity contribution in [2.75, 3.05) is 19.8 Å². The molecule has 15 N–H and O–H groups in total. The highest BCUT2D eigenvalue weighted by atomic mass is 16.7. The van der Waals surface area contributed by atoms with Gasteiger partial charge in [0.25, 0.3) is 0 Å². The van der Waals surface area contributed by atoms with Crippen LogP contribution in [0.4, 0.5) is 0 Å². The van der Waals surface area contributed by atoms with Crippen molar-refractivity contribution in [1.82, 2.24) is 0 Å². The first-order valence-electron chi connectivity index (χ1n) is 28.6. The maximum atomic E-state index is 12.8. The van der Waals surface area contributed by atoms with E-state index in [1.165, 1.54) is 12.2 Å². The molecule has 8 fully saturated rings. The molecule has 4 heterocycles. The Morgan fingerprint density at radius 1 is 0.422 bits per heavy atom. The topological polar surface area (TPSA) is 464 Å². The molecule has 8 unspecified atom stereocenters. The maximum absolute atomic E-state index is 12.8. The minimum atomic E-state index is -2.03.